The lowest BCUT2D eigenvalue weighted by Gasteiger charge is -2.08. The Balaban J connectivity index is 4.00. The highest BCUT2D eigenvalue weighted by molar-refractivity contribution is 5.72. The molecule has 0 radical (unpaired) electrons. The van der Waals surface area contributed by atoms with E-state index < -0.39 is 0 Å². The second-order valence-electron chi connectivity index (χ2n) is 4.41. The summed E-state index contributed by atoms with van der Waals surface area (Å²) >= 11 is 0. The molecule has 0 aromatic heterocycles. The van der Waals surface area contributed by atoms with Gasteiger partial charge in [-0.05, 0) is 27.7 Å². The van der Waals surface area contributed by atoms with Crippen LogP contribution < -0.4 is 0 Å². The molecule has 1 atom stereocenters. The zero-order chi connectivity index (χ0) is 11.2. The molecular formula is C12H20O2. The van der Waals surface area contributed by atoms with E-state index in [-0.39, 0.29) is 17.3 Å². The van der Waals surface area contributed by atoms with Gasteiger partial charge in [0.1, 0.15) is 0 Å². The summed E-state index contributed by atoms with van der Waals surface area (Å²) in [5, 5.41) is 0. The van der Waals surface area contributed by atoms with Crippen LogP contribution >= 0.6 is 0 Å². The first-order valence-corrected chi connectivity index (χ1v) is 5.03. The zero-order valence-corrected chi connectivity index (χ0v) is 9.81. The summed E-state index contributed by atoms with van der Waals surface area (Å²) in [7, 11) is 0. The van der Waals surface area contributed by atoms with Gasteiger partial charge in [-0.3, -0.25) is 4.79 Å². The van der Waals surface area contributed by atoms with E-state index in [1.807, 2.05) is 13.8 Å². The molecule has 0 aliphatic heterocycles. The van der Waals surface area contributed by atoms with Gasteiger partial charge in [-0.25, -0.2) is 0 Å². The Morgan fingerprint density at radius 1 is 1.43 bits per heavy atom. The molecule has 0 heterocycles. The minimum Gasteiger partial charge on any atom is -0.466 e. The Bertz CT molecular complexity index is 237. The molecule has 0 saturated carbocycles. The van der Waals surface area contributed by atoms with Crippen LogP contribution in [0.2, 0.25) is 0 Å². The molecule has 14 heavy (non-hydrogen) atoms. The maximum absolute atomic E-state index is 11.2. The number of rotatable bonds is 3. The summed E-state index contributed by atoms with van der Waals surface area (Å²) in [6.07, 6.45) is 0.579. The number of hydrogen-bond acceptors (Lipinski definition) is 2. The maximum Gasteiger partial charge on any atom is 0.309 e. The van der Waals surface area contributed by atoms with Crippen molar-refractivity contribution in [2.45, 2.75) is 41.0 Å². The summed E-state index contributed by atoms with van der Waals surface area (Å²) in [5.74, 6) is 5.83. The van der Waals surface area contributed by atoms with Gasteiger partial charge in [-0.2, -0.15) is 0 Å². The molecule has 0 saturated heterocycles. The predicted octanol–water partition coefficient (Wildman–Crippen LogP) is 2.63. The van der Waals surface area contributed by atoms with Crippen molar-refractivity contribution in [3.05, 3.63) is 0 Å². The van der Waals surface area contributed by atoms with Gasteiger partial charge in [-0.15, -0.1) is 5.92 Å². The molecule has 0 aliphatic rings. The number of carbonyl (C=O) groups excluding carboxylic acids is 1. The van der Waals surface area contributed by atoms with Crippen molar-refractivity contribution in [2.75, 3.05) is 6.61 Å². The van der Waals surface area contributed by atoms with Gasteiger partial charge < -0.3 is 4.74 Å². The fourth-order valence-corrected chi connectivity index (χ4v) is 0.837. The van der Waals surface area contributed by atoms with Crippen LogP contribution in [-0.2, 0) is 9.53 Å². The number of hydrogen-bond donors (Lipinski definition) is 0. The lowest BCUT2D eigenvalue weighted by Crippen LogP contribution is -2.14. The molecule has 0 bridgehead atoms. The maximum atomic E-state index is 11.2. The largest absolute Gasteiger partial charge is 0.466 e. The highest BCUT2D eigenvalue weighted by Crippen LogP contribution is 2.11. The fraction of sp³-hybridized carbons (Fsp3) is 0.750. The third-order valence-corrected chi connectivity index (χ3v) is 1.56. The van der Waals surface area contributed by atoms with E-state index in [0.717, 1.165) is 0 Å². The molecule has 0 aromatic carbocycles. The van der Waals surface area contributed by atoms with Crippen molar-refractivity contribution in [1.82, 2.24) is 0 Å². The summed E-state index contributed by atoms with van der Waals surface area (Å²) < 4.78 is 4.88. The molecule has 0 aromatic rings. The van der Waals surface area contributed by atoms with Crippen molar-refractivity contribution in [3.63, 3.8) is 0 Å². The van der Waals surface area contributed by atoms with Gasteiger partial charge in [0, 0.05) is 11.8 Å². The van der Waals surface area contributed by atoms with Crippen LogP contribution in [0.15, 0.2) is 0 Å². The lowest BCUT2D eigenvalue weighted by molar-refractivity contribution is -0.147. The first-order valence-electron chi connectivity index (χ1n) is 5.03. The molecule has 0 N–H and O–H groups in total. The highest BCUT2D eigenvalue weighted by Gasteiger charge is 2.12. The molecule has 2 nitrogen and oxygen atoms in total. The van der Waals surface area contributed by atoms with Crippen LogP contribution in [0.25, 0.3) is 0 Å². The van der Waals surface area contributed by atoms with E-state index in [1.54, 1.807) is 0 Å². The zero-order valence-electron chi connectivity index (χ0n) is 9.81. The summed E-state index contributed by atoms with van der Waals surface area (Å²) in [6.45, 7) is 10.2. The average molecular weight is 196 g/mol. The Morgan fingerprint density at radius 2 is 2.00 bits per heavy atom. The standard InChI is InChI=1S/C12H20O2/c1-6-14-11(13)10(2)8-7-9-12(3,4)5/h10H,6,8H2,1-5H3. The Morgan fingerprint density at radius 3 is 2.43 bits per heavy atom. The molecule has 80 valence electrons. The Labute approximate surface area is 87.0 Å². The SMILES string of the molecule is CCOC(=O)C(C)CC#CC(C)(C)C. The highest BCUT2D eigenvalue weighted by atomic mass is 16.5. The third-order valence-electron chi connectivity index (χ3n) is 1.56. The first kappa shape index (κ1) is 13.0. The van der Waals surface area contributed by atoms with E-state index in [9.17, 15) is 4.79 Å². The quantitative estimate of drug-likeness (QED) is 0.512. The smallest absolute Gasteiger partial charge is 0.309 e. The molecule has 2 heteroatoms. The van der Waals surface area contributed by atoms with E-state index >= 15 is 0 Å². The summed E-state index contributed by atoms with van der Waals surface area (Å²) in [6, 6.07) is 0. The number of carbonyl (C=O) groups is 1. The normalized spacial score (nSPS) is 12.6. The van der Waals surface area contributed by atoms with E-state index in [1.165, 1.54) is 0 Å². The van der Waals surface area contributed by atoms with Crippen LogP contribution in [0.3, 0.4) is 0 Å². The van der Waals surface area contributed by atoms with Crippen molar-refractivity contribution in [2.24, 2.45) is 11.3 Å². The minimum atomic E-state index is -0.157. The van der Waals surface area contributed by atoms with Gasteiger partial charge in [0.15, 0.2) is 0 Å². The topological polar surface area (TPSA) is 26.3 Å². The van der Waals surface area contributed by atoms with E-state index in [0.29, 0.717) is 13.0 Å². The van der Waals surface area contributed by atoms with Crippen molar-refractivity contribution >= 4 is 5.97 Å². The molecule has 0 fully saturated rings. The van der Waals surface area contributed by atoms with Gasteiger partial charge in [0.2, 0.25) is 0 Å². The van der Waals surface area contributed by atoms with Gasteiger partial charge in [0.05, 0.1) is 12.5 Å². The van der Waals surface area contributed by atoms with Crippen LogP contribution in [0.5, 0.6) is 0 Å². The Kier molecular flexibility index (Phi) is 5.30. The van der Waals surface area contributed by atoms with E-state index in [2.05, 4.69) is 32.6 Å². The lowest BCUT2D eigenvalue weighted by atomic mass is 9.97. The van der Waals surface area contributed by atoms with Crippen molar-refractivity contribution < 1.29 is 9.53 Å². The molecular weight excluding hydrogens is 176 g/mol. The van der Waals surface area contributed by atoms with Gasteiger partial charge in [0.25, 0.3) is 0 Å². The molecule has 0 aliphatic carbocycles. The van der Waals surface area contributed by atoms with Crippen molar-refractivity contribution in [1.29, 1.82) is 0 Å². The number of ether oxygens (including phenoxy) is 1. The van der Waals surface area contributed by atoms with Crippen LogP contribution in [0.4, 0.5) is 0 Å². The molecule has 1 unspecified atom stereocenters. The second-order valence-corrected chi connectivity index (χ2v) is 4.41. The monoisotopic (exact) mass is 196 g/mol. The summed E-state index contributed by atoms with van der Waals surface area (Å²) in [5.41, 5.74) is 0.00831. The van der Waals surface area contributed by atoms with E-state index in [4.69, 9.17) is 4.74 Å². The van der Waals surface area contributed by atoms with Crippen molar-refractivity contribution in [3.8, 4) is 11.8 Å². The first-order chi connectivity index (χ1) is 6.37. The third kappa shape index (κ3) is 6.54. The predicted molar refractivity (Wildman–Crippen MR) is 57.6 cm³/mol. The van der Waals surface area contributed by atoms with Crippen LogP contribution in [0.1, 0.15) is 41.0 Å². The van der Waals surface area contributed by atoms with Crippen LogP contribution in [-0.4, -0.2) is 12.6 Å². The molecule has 0 spiro atoms. The molecule has 0 rings (SSSR count). The van der Waals surface area contributed by atoms with Gasteiger partial charge >= 0.3 is 5.97 Å². The molecule has 0 amide bonds. The van der Waals surface area contributed by atoms with Crippen LogP contribution in [0, 0.1) is 23.2 Å². The number of esters is 1. The fourth-order valence-electron chi connectivity index (χ4n) is 0.837. The Hall–Kier alpha value is -0.970. The minimum absolute atomic E-state index is 0.00831. The average Bonchev–Trinajstić information content (AvgIpc) is 2.02. The summed E-state index contributed by atoms with van der Waals surface area (Å²) in [4.78, 5) is 11.2. The van der Waals surface area contributed by atoms with Gasteiger partial charge in [-0.1, -0.05) is 12.8 Å². The second kappa shape index (κ2) is 5.70.